The largest absolute Gasteiger partial charge is 0.480 e. The molecule has 1 saturated heterocycles. The summed E-state index contributed by atoms with van der Waals surface area (Å²) in [6, 6.07) is 7.46. The molecule has 1 atom stereocenters. The molecule has 6 heteroatoms. The van der Waals surface area contributed by atoms with E-state index in [0.717, 1.165) is 21.9 Å². The van der Waals surface area contributed by atoms with Crippen LogP contribution in [0.1, 0.15) is 0 Å². The zero-order valence-electron chi connectivity index (χ0n) is 9.67. The van der Waals surface area contributed by atoms with Crippen molar-refractivity contribution in [2.75, 3.05) is 24.5 Å². The smallest absolute Gasteiger partial charge is 0.322 e. The van der Waals surface area contributed by atoms with Crippen molar-refractivity contribution in [3.05, 3.63) is 24.3 Å². The number of fused-ring (bicyclic) bond motifs is 1. The Morgan fingerprint density at radius 1 is 1.50 bits per heavy atom. The monoisotopic (exact) mass is 263 g/mol. The molecular formula is C12H13N3O2S. The Hall–Kier alpha value is -1.66. The van der Waals surface area contributed by atoms with E-state index in [2.05, 4.69) is 10.3 Å². The molecule has 0 aliphatic carbocycles. The van der Waals surface area contributed by atoms with Gasteiger partial charge in [0.2, 0.25) is 0 Å². The minimum absolute atomic E-state index is 0.467. The van der Waals surface area contributed by atoms with Crippen LogP contribution in [0.4, 0.5) is 5.13 Å². The molecule has 0 bridgehead atoms. The van der Waals surface area contributed by atoms with E-state index in [0.29, 0.717) is 13.1 Å². The van der Waals surface area contributed by atoms with Gasteiger partial charge in [-0.1, -0.05) is 23.5 Å². The Kier molecular flexibility index (Phi) is 2.89. The molecule has 0 unspecified atom stereocenters. The highest BCUT2D eigenvalue weighted by Gasteiger charge is 2.26. The highest BCUT2D eigenvalue weighted by atomic mass is 32.1. The molecular weight excluding hydrogens is 250 g/mol. The molecule has 1 aliphatic rings. The number of aromatic nitrogens is 1. The van der Waals surface area contributed by atoms with Crippen molar-refractivity contribution in [1.29, 1.82) is 0 Å². The van der Waals surface area contributed by atoms with Crippen molar-refractivity contribution in [3.63, 3.8) is 0 Å². The molecule has 0 radical (unpaired) electrons. The van der Waals surface area contributed by atoms with Crippen LogP contribution in [-0.4, -0.2) is 41.7 Å². The van der Waals surface area contributed by atoms with Crippen molar-refractivity contribution in [1.82, 2.24) is 10.3 Å². The van der Waals surface area contributed by atoms with E-state index in [1.807, 2.05) is 29.2 Å². The average Bonchev–Trinajstić information content (AvgIpc) is 2.82. The fourth-order valence-electron chi connectivity index (χ4n) is 2.08. The zero-order valence-corrected chi connectivity index (χ0v) is 10.5. The lowest BCUT2D eigenvalue weighted by Crippen LogP contribution is -2.54. The molecule has 1 fully saturated rings. The second kappa shape index (κ2) is 4.55. The number of piperazine rings is 1. The first-order valence-electron chi connectivity index (χ1n) is 5.81. The van der Waals surface area contributed by atoms with Crippen LogP contribution >= 0.6 is 11.3 Å². The van der Waals surface area contributed by atoms with Gasteiger partial charge in [0.25, 0.3) is 0 Å². The van der Waals surface area contributed by atoms with E-state index in [-0.39, 0.29) is 0 Å². The first-order valence-corrected chi connectivity index (χ1v) is 6.62. The summed E-state index contributed by atoms with van der Waals surface area (Å²) in [5.74, 6) is -0.805. The SMILES string of the molecule is O=C(O)[C@H]1CN(c2nc3ccccc3s2)CCN1. The third-order valence-electron chi connectivity index (χ3n) is 3.03. The van der Waals surface area contributed by atoms with E-state index in [1.165, 1.54) is 0 Å². The number of anilines is 1. The summed E-state index contributed by atoms with van der Waals surface area (Å²) in [6.07, 6.45) is 0. The van der Waals surface area contributed by atoms with Gasteiger partial charge in [-0.15, -0.1) is 0 Å². The Morgan fingerprint density at radius 2 is 2.33 bits per heavy atom. The maximum Gasteiger partial charge on any atom is 0.322 e. The molecule has 5 nitrogen and oxygen atoms in total. The number of hydrogen-bond acceptors (Lipinski definition) is 5. The number of carboxylic acids is 1. The summed E-state index contributed by atoms with van der Waals surface area (Å²) >= 11 is 1.61. The van der Waals surface area contributed by atoms with E-state index in [4.69, 9.17) is 5.11 Å². The summed E-state index contributed by atoms with van der Waals surface area (Å²) in [7, 11) is 0. The third-order valence-corrected chi connectivity index (χ3v) is 4.12. The summed E-state index contributed by atoms with van der Waals surface area (Å²) in [4.78, 5) is 17.6. The van der Waals surface area contributed by atoms with Gasteiger partial charge in [0.15, 0.2) is 5.13 Å². The number of hydrogen-bond donors (Lipinski definition) is 2. The lowest BCUT2D eigenvalue weighted by atomic mass is 10.2. The Morgan fingerprint density at radius 3 is 3.11 bits per heavy atom. The predicted molar refractivity (Wildman–Crippen MR) is 71.3 cm³/mol. The fraction of sp³-hybridized carbons (Fsp3) is 0.333. The van der Waals surface area contributed by atoms with E-state index in [9.17, 15) is 4.79 Å². The van der Waals surface area contributed by atoms with Crippen molar-refractivity contribution < 1.29 is 9.90 Å². The molecule has 1 aromatic heterocycles. The lowest BCUT2D eigenvalue weighted by molar-refractivity contribution is -0.139. The van der Waals surface area contributed by atoms with Crippen molar-refractivity contribution in [2.24, 2.45) is 0 Å². The predicted octanol–water partition coefficient (Wildman–Crippen LogP) is 1.16. The van der Waals surface area contributed by atoms with Gasteiger partial charge in [-0.25, -0.2) is 4.98 Å². The molecule has 0 spiro atoms. The van der Waals surface area contributed by atoms with Gasteiger partial charge in [-0.3, -0.25) is 4.79 Å². The number of benzene rings is 1. The molecule has 2 aromatic rings. The minimum Gasteiger partial charge on any atom is -0.480 e. The van der Waals surface area contributed by atoms with Gasteiger partial charge in [0.1, 0.15) is 6.04 Å². The van der Waals surface area contributed by atoms with Gasteiger partial charge < -0.3 is 15.3 Å². The summed E-state index contributed by atoms with van der Waals surface area (Å²) in [6.45, 7) is 1.94. The number of thiazole rings is 1. The van der Waals surface area contributed by atoms with Gasteiger partial charge in [0, 0.05) is 19.6 Å². The Labute approximate surface area is 108 Å². The van der Waals surface area contributed by atoms with E-state index >= 15 is 0 Å². The van der Waals surface area contributed by atoms with Gasteiger partial charge in [-0.2, -0.15) is 0 Å². The average molecular weight is 263 g/mol. The Balaban J connectivity index is 1.87. The lowest BCUT2D eigenvalue weighted by Gasteiger charge is -2.31. The first-order chi connectivity index (χ1) is 8.74. The zero-order chi connectivity index (χ0) is 12.5. The van der Waals surface area contributed by atoms with Crippen LogP contribution < -0.4 is 10.2 Å². The van der Waals surface area contributed by atoms with Crippen LogP contribution in [-0.2, 0) is 4.79 Å². The van der Waals surface area contributed by atoms with Crippen LogP contribution in [0.5, 0.6) is 0 Å². The molecule has 1 aliphatic heterocycles. The van der Waals surface area contributed by atoms with Crippen LogP contribution in [0.2, 0.25) is 0 Å². The standard InChI is InChI=1S/C12H13N3O2S/c16-11(17)9-7-15(6-5-13-9)12-14-8-3-1-2-4-10(8)18-12/h1-4,9,13H,5-7H2,(H,16,17)/t9-/m1/s1. The normalized spacial score (nSPS) is 20.2. The van der Waals surface area contributed by atoms with Gasteiger partial charge in [0.05, 0.1) is 10.2 Å². The molecule has 0 amide bonds. The molecule has 18 heavy (non-hydrogen) atoms. The second-order valence-electron chi connectivity index (χ2n) is 4.26. The third kappa shape index (κ3) is 2.04. The maximum atomic E-state index is 11.0. The topological polar surface area (TPSA) is 65.5 Å². The van der Waals surface area contributed by atoms with Crippen LogP contribution in [0.25, 0.3) is 10.2 Å². The van der Waals surface area contributed by atoms with Crippen molar-refractivity contribution in [2.45, 2.75) is 6.04 Å². The molecule has 1 aromatic carbocycles. The van der Waals surface area contributed by atoms with Crippen molar-refractivity contribution >= 4 is 32.7 Å². The van der Waals surface area contributed by atoms with Crippen LogP contribution in [0.3, 0.4) is 0 Å². The highest BCUT2D eigenvalue weighted by Crippen LogP contribution is 2.28. The fourth-order valence-corrected chi connectivity index (χ4v) is 3.08. The number of rotatable bonds is 2. The quantitative estimate of drug-likeness (QED) is 0.851. The van der Waals surface area contributed by atoms with Crippen molar-refractivity contribution in [3.8, 4) is 0 Å². The number of carboxylic acid groups (broad SMARTS) is 1. The molecule has 94 valence electrons. The summed E-state index contributed by atoms with van der Waals surface area (Å²) < 4.78 is 1.14. The molecule has 0 saturated carbocycles. The van der Waals surface area contributed by atoms with Crippen LogP contribution in [0.15, 0.2) is 24.3 Å². The van der Waals surface area contributed by atoms with Gasteiger partial charge in [-0.05, 0) is 12.1 Å². The van der Waals surface area contributed by atoms with Gasteiger partial charge >= 0.3 is 5.97 Å². The van der Waals surface area contributed by atoms with Crippen LogP contribution in [0, 0.1) is 0 Å². The number of carbonyl (C=O) groups is 1. The Bertz CT molecular complexity index is 550. The molecule has 2 N–H and O–H groups in total. The van der Waals surface area contributed by atoms with E-state index in [1.54, 1.807) is 11.3 Å². The number of nitrogens with one attached hydrogen (secondary N) is 1. The first kappa shape index (κ1) is 11.4. The summed E-state index contributed by atoms with van der Waals surface area (Å²) in [5, 5.41) is 12.9. The second-order valence-corrected chi connectivity index (χ2v) is 5.26. The highest BCUT2D eigenvalue weighted by molar-refractivity contribution is 7.22. The molecule has 2 heterocycles. The summed E-state index contributed by atoms with van der Waals surface area (Å²) in [5.41, 5.74) is 0.975. The van der Waals surface area contributed by atoms with E-state index < -0.39 is 12.0 Å². The number of para-hydroxylation sites is 1. The number of aliphatic carboxylic acids is 1. The maximum absolute atomic E-state index is 11.0. The molecule has 3 rings (SSSR count). The number of nitrogens with zero attached hydrogens (tertiary/aromatic N) is 2. The minimum atomic E-state index is -0.805.